The van der Waals surface area contributed by atoms with E-state index in [0.717, 1.165) is 22.4 Å². The van der Waals surface area contributed by atoms with Crippen molar-refractivity contribution in [3.8, 4) is 22.9 Å². The lowest BCUT2D eigenvalue weighted by Gasteiger charge is -2.30. The second kappa shape index (κ2) is 9.40. The lowest BCUT2D eigenvalue weighted by atomic mass is 10.1. The molecule has 1 unspecified atom stereocenters. The van der Waals surface area contributed by atoms with Crippen LogP contribution in [-0.4, -0.2) is 33.4 Å². The van der Waals surface area contributed by atoms with Crippen LogP contribution in [-0.2, 0) is 4.79 Å². The van der Waals surface area contributed by atoms with E-state index in [4.69, 9.17) is 9.47 Å². The molecule has 0 N–H and O–H groups in total. The molecule has 0 saturated carbocycles. The largest absolute Gasteiger partial charge is 0.494 e. The van der Waals surface area contributed by atoms with E-state index in [9.17, 15) is 4.79 Å². The highest BCUT2D eigenvalue weighted by molar-refractivity contribution is 7.99. The summed E-state index contributed by atoms with van der Waals surface area (Å²) in [6.45, 7) is 9.75. The molecule has 1 atom stereocenters. The normalized spacial score (nSPS) is 14.6. The smallest absolute Gasteiger partial charge is 0.247 e. The number of carbonyl (C=O) groups excluding carboxylic acids is 1. The Hall–Kier alpha value is -3.39. The van der Waals surface area contributed by atoms with Gasteiger partial charge in [0.2, 0.25) is 23.2 Å². The third kappa shape index (κ3) is 4.18. The van der Waals surface area contributed by atoms with Gasteiger partial charge in [-0.1, -0.05) is 36.0 Å². The molecule has 0 bridgehead atoms. The number of hydrogen-bond acceptors (Lipinski definition) is 7. The fourth-order valence-corrected chi connectivity index (χ4v) is 4.12. The summed E-state index contributed by atoms with van der Waals surface area (Å²) in [5.74, 6) is 1.63. The standard InChI is InChI=1S/C24H24N4O3S/c1-5-13-32-24-25-22-21(26-27-24)18-9-7-8-10-19(18)28(16(4)29)23(31-22)17-11-12-20(30-6-2)15(3)14-17/h5,7-12,14,23H,1,6,13H2,2-4H3. The predicted octanol–water partition coefficient (Wildman–Crippen LogP) is 4.97. The molecule has 1 amide bonds. The second-order valence-electron chi connectivity index (χ2n) is 7.18. The van der Waals surface area contributed by atoms with Gasteiger partial charge in [-0.05, 0) is 43.7 Å². The van der Waals surface area contributed by atoms with E-state index in [-0.39, 0.29) is 5.91 Å². The Labute approximate surface area is 191 Å². The molecular formula is C24H24N4O3S. The topological polar surface area (TPSA) is 77.4 Å². The Morgan fingerprint density at radius 3 is 2.81 bits per heavy atom. The van der Waals surface area contributed by atoms with Gasteiger partial charge < -0.3 is 9.47 Å². The van der Waals surface area contributed by atoms with Gasteiger partial charge in [0.1, 0.15) is 5.75 Å². The van der Waals surface area contributed by atoms with Crippen LogP contribution in [0.1, 0.15) is 31.2 Å². The molecule has 0 spiro atoms. The summed E-state index contributed by atoms with van der Waals surface area (Å²) >= 11 is 1.42. The van der Waals surface area contributed by atoms with Crippen molar-refractivity contribution in [2.24, 2.45) is 0 Å². The number of carbonyl (C=O) groups is 1. The van der Waals surface area contributed by atoms with E-state index >= 15 is 0 Å². The number of nitrogens with zero attached hydrogens (tertiary/aromatic N) is 4. The van der Waals surface area contributed by atoms with Gasteiger partial charge in [0.05, 0.1) is 12.3 Å². The van der Waals surface area contributed by atoms with Crippen LogP contribution in [0.15, 0.2) is 60.3 Å². The summed E-state index contributed by atoms with van der Waals surface area (Å²) in [6, 6.07) is 13.3. The number of aryl methyl sites for hydroxylation is 1. The molecule has 164 valence electrons. The first-order chi connectivity index (χ1) is 15.5. The molecule has 1 aliphatic rings. The number of para-hydroxylation sites is 1. The number of amides is 1. The van der Waals surface area contributed by atoms with Crippen LogP contribution in [0.5, 0.6) is 11.6 Å². The molecule has 7 nitrogen and oxygen atoms in total. The summed E-state index contributed by atoms with van der Waals surface area (Å²) < 4.78 is 12.1. The molecule has 0 saturated heterocycles. The molecule has 4 rings (SSSR count). The van der Waals surface area contributed by atoms with Crippen LogP contribution in [0.4, 0.5) is 5.69 Å². The zero-order valence-corrected chi connectivity index (χ0v) is 19.1. The quantitative estimate of drug-likeness (QED) is 0.389. The predicted molar refractivity (Wildman–Crippen MR) is 125 cm³/mol. The fourth-order valence-electron chi connectivity index (χ4n) is 3.61. The van der Waals surface area contributed by atoms with Gasteiger partial charge in [-0.3, -0.25) is 9.69 Å². The van der Waals surface area contributed by atoms with Crippen molar-refractivity contribution in [1.29, 1.82) is 0 Å². The van der Waals surface area contributed by atoms with Crippen LogP contribution in [0, 0.1) is 6.92 Å². The molecule has 2 heterocycles. The molecule has 3 aromatic rings. The van der Waals surface area contributed by atoms with Crippen molar-refractivity contribution in [2.75, 3.05) is 17.3 Å². The number of ether oxygens (including phenoxy) is 2. The van der Waals surface area contributed by atoms with Gasteiger partial charge in [-0.2, -0.15) is 4.98 Å². The molecule has 8 heteroatoms. The highest BCUT2D eigenvalue weighted by Crippen LogP contribution is 2.43. The van der Waals surface area contributed by atoms with Gasteiger partial charge in [-0.25, -0.2) is 0 Å². The summed E-state index contributed by atoms with van der Waals surface area (Å²) in [7, 11) is 0. The molecule has 0 radical (unpaired) electrons. The molecule has 32 heavy (non-hydrogen) atoms. The van der Waals surface area contributed by atoms with Gasteiger partial charge >= 0.3 is 0 Å². The maximum Gasteiger partial charge on any atom is 0.247 e. The third-order valence-corrected chi connectivity index (χ3v) is 5.80. The molecule has 1 aliphatic heterocycles. The fraction of sp³-hybridized carbons (Fsp3) is 0.250. The number of fused-ring (bicyclic) bond motifs is 3. The van der Waals surface area contributed by atoms with Gasteiger partial charge in [0, 0.05) is 23.8 Å². The minimum absolute atomic E-state index is 0.156. The minimum atomic E-state index is -0.724. The van der Waals surface area contributed by atoms with E-state index in [2.05, 4.69) is 21.8 Å². The zero-order chi connectivity index (χ0) is 22.7. The van der Waals surface area contributed by atoms with E-state index < -0.39 is 6.23 Å². The molecule has 1 aromatic heterocycles. The van der Waals surface area contributed by atoms with Crippen molar-refractivity contribution in [2.45, 2.75) is 32.2 Å². The van der Waals surface area contributed by atoms with E-state index in [1.54, 1.807) is 11.0 Å². The highest BCUT2D eigenvalue weighted by atomic mass is 32.2. The highest BCUT2D eigenvalue weighted by Gasteiger charge is 2.34. The maximum atomic E-state index is 12.9. The first-order valence-electron chi connectivity index (χ1n) is 10.3. The lowest BCUT2D eigenvalue weighted by molar-refractivity contribution is -0.118. The Morgan fingerprint density at radius 2 is 2.09 bits per heavy atom. The third-order valence-electron chi connectivity index (χ3n) is 4.97. The van der Waals surface area contributed by atoms with Crippen molar-refractivity contribution < 1.29 is 14.3 Å². The molecule has 0 aliphatic carbocycles. The first kappa shape index (κ1) is 21.8. The van der Waals surface area contributed by atoms with Crippen LogP contribution >= 0.6 is 11.8 Å². The summed E-state index contributed by atoms with van der Waals surface area (Å²) in [4.78, 5) is 19.1. The Bertz CT molecular complexity index is 1170. The van der Waals surface area contributed by atoms with Crippen molar-refractivity contribution in [3.63, 3.8) is 0 Å². The number of anilines is 1. The number of hydrogen-bond donors (Lipinski definition) is 0. The average Bonchev–Trinajstić information content (AvgIpc) is 2.93. The van der Waals surface area contributed by atoms with E-state index in [0.29, 0.717) is 34.8 Å². The average molecular weight is 449 g/mol. The summed E-state index contributed by atoms with van der Waals surface area (Å²) in [5.41, 5.74) is 3.70. The van der Waals surface area contributed by atoms with Crippen molar-refractivity contribution in [1.82, 2.24) is 15.2 Å². The van der Waals surface area contributed by atoms with Crippen LogP contribution in [0.3, 0.4) is 0 Å². The van der Waals surface area contributed by atoms with E-state index in [1.807, 2.05) is 56.3 Å². The Morgan fingerprint density at radius 1 is 1.28 bits per heavy atom. The van der Waals surface area contributed by atoms with Gasteiger partial charge in [-0.15, -0.1) is 16.8 Å². The molecule has 0 fully saturated rings. The minimum Gasteiger partial charge on any atom is -0.494 e. The SMILES string of the molecule is C=CCSc1nnc2c(n1)OC(c1ccc(OCC)c(C)c1)N(C(C)=O)c1ccccc1-2. The van der Waals surface area contributed by atoms with Crippen LogP contribution in [0.25, 0.3) is 11.3 Å². The Kier molecular flexibility index (Phi) is 6.41. The summed E-state index contributed by atoms with van der Waals surface area (Å²) in [6.07, 6.45) is 1.05. The molecular weight excluding hydrogens is 424 g/mol. The number of aromatic nitrogens is 3. The van der Waals surface area contributed by atoms with Gasteiger partial charge in [0.15, 0.2) is 5.69 Å². The second-order valence-corrected chi connectivity index (χ2v) is 8.17. The Balaban J connectivity index is 1.88. The first-order valence-corrected chi connectivity index (χ1v) is 11.3. The monoisotopic (exact) mass is 448 g/mol. The number of thioether (sulfide) groups is 1. The van der Waals surface area contributed by atoms with Crippen LogP contribution in [0.2, 0.25) is 0 Å². The van der Waals surface area contributed by atoms with Crippen LogP contribution < -0.4 is 14.4 Å². The van der Waals surface area contributed by atoms with Crippen molar-refractivity contribution >= 4 is 23.4 Å². The lowest BCUT2D eigenvalue weighted by Crippen LogP contribution is -2.36. The number of rotatable bonds is 6. The van der Waals surface area contributed by atoms with Crippen molar-refractivity contribution in [3.05, 3.63) is 66.2 Å². The number of benzene rings is 2. The zero-order valence-electron chi connectivity index (χ0n) is 18.2. The van der Waals surface area contributed by atoms with Gasteiger partial charge in [0.25, 0.3) is 0 Å². The maximum absolute atomic E-state index is 12.9. The summed E-state index contributed by atoms with van der Waals surface area (Å²) in [5, 5.41) is 9.12. The van der Waals surface area contributed by atoms with E-state index in [1.165, 1.54) is 18.7 Å². The molecule has 2 aromatic carbocycles.